The maximum Gasteiger partial charge on any atom is 0.0960 e. The van der Waals surface area contributed by atoms with Crippen molar-refractivity contribution in [3.05, 3.63) is 151 Å². The van der Waals surface area contributed by atoms with Crippen molar-refractivity contribution in [3.63, 3.8) is 0 Å². The van der Waals surface area contributed by atoms with E-state index in [2.05, 4.69) is 171 Å². The van der Waals surface area contributed by atoms with E-state index in [0.717, 1.165) is 12.8 Å². The summed E-state index contributed by atoms with van der Waals surface area (Å²) in [6, 6.07) is 35.1. The molecule has 0 spiro atoms. The summed E-state index contributed by atoms with van der Waals surface area (Å²) in [7, 11) is 0. The number of rotatable bonds is 9. The highest BCUT2D eigenvalue weighted by molar-refractivity contribution is 7.08. The molecule has 6 aromatic rings. The van der Waals surface area contributed by atoms with E-state index >= 15 is 0 Å². The van der Waals surface area contributed by atoms with Crippen molar-refractivity contribution >= 4 is 45.4 Å². The smallest absolute Gasteiger partial charge is 0.0960 e. The largest absolute Gasteiger partial charge is 0.331 e. The Morgan fingerprint density at radius 2 is 1.19 bits per heavy atom. The van der Waals surface area contributed by atoms with Crippen LogP contribution in [0.5, 0.6) is 0 Å². The minimum atomic E-state index is -0.226. The van der Waals surface area contributed by atoms with E-state index in [4.69, 9.17) is 0 Å². The summed E-state index contributed by atoms with van der Waals surface area (Å²) in [5.41, 5.74) is 17.1. The molecule has 2 aliphatic carbocycles. The van der Waals surface area contributed by atoms with Gasteiger partial charge in [0.25, 0.3) is 0 Å². The lowest BCUT2D eigenvalue weighted by atomic mass is 9.79. The van der Waals surface area contributed by atoms with Crippen molar-refractivity contribution in [2.75, 3.05) is 9.80 Å². The summed E-state index contributed by atoms with van der Waals surface area (Å²) in [6.45, 7) is 16.3. The molecule has 4 heteroatoms. The fourth-order valence-corrected chi connectivity index (χ4v) is 9.68. The topological polar surface area (TPSA) is 6.48 Å². The number of fused-ring (bicyclic) bond motifs is 4. The highest BCUT2D eigenvalue weighted by Crippen LogP contribution is 2.63. The summed E-state index contributed by atoms with van der Waals surface area (Å²) < 4.78 is 0. The van der Waals surface area contributed by atoms with Crippen LogP contribution in [-0.4, -0.2) is 0 Å². The number of hydrogen-bond donors (Lipinski definition) is 0. The zero-order valence-corrected chi connectivity index (χ0v) is 30.7. The van der Waals surface area contributed by atoms with Gasteiger partial charge < -0.3 is 9.80 Å². The molecule has 8 rings (SSSR count). The van der Waals surface area contributed by atoms with Gasteiger partial charge in [-0.25, -0.2) is 0 Å². The van der Waals surface area contributed by atoms with E-state index in [0.29, 0.717) is 0 Å². The molecule has 2 heterocycles. The van der Waals surface area contributed by atoms with Crippen molar-refractivity contribution in [2.24, 2.45) is 0 Å². The molecular formula is C44H44N2S2. The van der Waals surface area contributed by atoms with Crippen molar-refractivity contribution in [1.82, 2.24) is 0 Å². The van der Waals surface area contributed by atoms with E-state index in [9.17, 15) is 0 Å². The minimum absolute atomic E-state index is 0.111. The molecule has 2 aromatic heterocycles. The van der Waals surface area contributed by atoms with Crippen LogP contribution < -0.4 is 9.80 Å². The van der Waals surface area contributed by atoms with Gasteiger partial charge in [-0.05, 0) is 126 Å². The molecule has 0 N–H and O–H groups in total. The summed E-state index contributed by atoms with van der Waals surface area (Å²) in [5.74, 6) is 0. The Bertz CT molecular complexity index is 2110. The second-order valence-corrected chi connectivity index (χ2v) is 16.0. The van der Waals surface area contributed by atoms with E-state index < -0.39 is 0 Å². The first-order valence-electron chi connectivity index (χ1n) is 17.3. The maximum atomic E-state index is 2.59. The lowest BCUT2D eigenvalue weighted by Gasteiger charge is -2.43. The monoisotopic (exact) mass is 664 g/mol. The van der Waals surface area contributed by atoms with Crippen LogP contribution in [0.15, 0.2) is 113 Å². The van der Waals surface area contributed by atoms with Gasteiger partial charge in [-0.15, -0.1) is 0 Å². The van der Waals surface area contributed by atoms with Gasteiger partial charge in [0, 0.05) is 27.5 Å². The van der Waals surface area contributed by atoms with Gasteiger partial charge in [0.15, 0.2) is 0 Å². The third kappa shape index (κ3) is 4.49. The van der Waals surface area contributed by atoms with Crippen molar-refractivity contribution in [1.29, 1.82) is 0 Å². The predicted molar refractivity (Wildman–Crippen MR) is 208 cm³/mol. The third-order valence-electron chi connectivity index (χ3n) is 11.5. The van der Waals surface area contributed by atoms with Crippen LogP contribution in [0.1, 0.15) is 86.4 Å². The Hall–Kier alpha value is -4.12. The summed E-state index contributed by atoms with van der Waals surface area (Å²) in [6.07, 6.45) is 2.00. The molecule has 4 aromatic carbocycles. The minimum Gasteiger partial charge on any atom is -0.331 e. The van der Waals surface area contributed by atoms with Gasteiger partial charge in [0.1, 0.15) is 0 Å². The van der Waals surface area contributed by atoms with Crippen LogP contribution in [0.2, 0.25) is 0 Å². The molecule has 2 nitrogen and oxygen atoms in total. The Morgan fingerprint density at radius 3 is 1.77 bits per heavy atom. The van der Waals surface area contributed by atoms with Crippen LogP contribution in [-0.2, 0) is 16.5 Å². The number of nitrogens with zero attached hydrogens (tertiary/aromatic N) is 2. The number of benzene rings is 4. The Labute approximate surface area is 294 Å². The lowest BCUT2D eigenvalue weighted by molar-refractivity contribution is 0.463. The van der Waals surface area contributed by atoms with Crippen LogP contribution in [0, 0.1) is 13.8 Å². The maximum absolute atomic E-state index is 2.59. The molecule has 0 saturated heterocycles. The van der Waals surface area contributed by atoms with Gasteiger partial charge in [0.05, 0.1) is 22.5 Å². The first-order valence-corrected chi connectivity index (χ1v) is 19.1. The van der Waals surface area contributed by atoms with Crippen LogP contribution >= 0.6 is 22.7 Å². The number of aryl methyl sites for hydroxylation is 2. The molecule has 0 aliphatic heterocycles. The fraction of sp³-hybridized carbons (Fsp3) is 0.273. The second kappa shape index (κ2) is 11.2. The van der Waals surface area contributed by atoms with Gasteiger partial charge in [0.2, 0.25) is 0 Å². The second-order valence-electron chi connectivity index (χ2n) is 14.5. The average molecular weight is 665 g/mol. The number of anilines is 4. The van der Waals surface area contributed by atoms with Crippen molar-refractivity contribution in [2.45, 2.75) is 77.8 Å². The molecule has 0 fully saturated rings. The van der Waals surface area contributed by atoms with E-state index in [1.54, 1.807) is 22.7 Å². The first kappa shape index (κ1) is 31.2. The van der Waals surface area contributed by atoms with Crippen molar-refractivity contribution in [3.8, 4) is 11.1 Å². The Balaban J connectivity index is 1.23. The number of thiophene rings is 2. The van der Waals surface area contributed by atoms with Gasteiger partial charge in [-0.1, -0.05) is 87.4 Å². The summed E-state index contributed by atoms with van der Waals surface area (Å²) >= 11 is 3.53. The summed E-state index contributed by atoms with van der Waals surface area (Å²) in [5, 5.41) is 8.97. The SMILES string of the molecule is CCC(C)(c1ccc2c(c1)C(C)(C)c1cc3c(cc1-2)C3(CC)N(c1ccc(C)cc1)c1ccsc1)N(c1ccc(C)cc1)c1ccsc1. The molecule has 242 valence electrons. The molecule has 0 saturated carbocycles. The Morgan fingerprint density at radius 1 is 0.604 bits per heavy atom. The molecule has 2 aliphatic rings. The van der Waals surface area contributed by atoms with Crippen LogP contribution in [0.25, 0.3) is 11.1 Å². The zero-order valence-electron chi connectivity index (χ0n) is 29.1. The lowest BCUT2D eigenvalue weighted by Crippen LogP contribution is -2.40. The highest BCUT2D eigenvalue weighted by atomic mass is 32.1. The van der Waals surface area contributed by atoms with Crippen LogP contribution in [0.4, 0.5) is 22.7 Å². The van der Waals surface area contributed by atoms with Gasteiger partial charge in [-0.3, -0.25) is 0 Å². The normalized spacial score (nSPS) is 18.1. The Kier molecular flexibility index (Phi) is 7.28. The van der Waals surface area contributed by atoms with E-state index in [1.165, 1.54) is 72.8 Å². The highest BCUT2D eigenvalue weighted by Gasteiger charge is 2.56. The number of hydrogen-bond acceptors (Lipinski definition) is 4. The molecule has 48 heavy (non-hydrogen) atoms. The third-order valence-corrected chi connectivity index (χ3v) is 12.8. The molecule has 0 bridgehead atoms. The summed E-state index contributed by atoms with van der Waals surface area (Å²) in [4.78, 5) is 5.15. The van der Waals surface area contributed by atoms with Crippen molar-refractivity contribution < 1.29 is 0 Å². The average Bonchev–Trinajstić information content (AvgIpc) is 3.57. The first-order chi connectivity index (χ1) is 23.1. The molecule has 0 radical (unpaired) electrons. The molecular weight excluding hydrogens is 621 g/mol. The van der Waals surface area contributed by atoms with E-state index in [-0.39, 0.29) is 16.5 Å². The fourth-order valence-electron chi connectivity index (χ4n) is 8.44. The quantitative estimate of drug-likeness (QED) is 0.152. The van der Waals surface area contributed by atoms with E-state index in [1.807, 2.05) is 0 Å². The standard InChI is InChI=1S/C44H44N2S2/c1-8-43(7,45(34-20-22-47-27-34)32-15-10-29(3)11-16-32)31-14-19-36-37-25-40-41(26-39(37)42(5,6)38(36)24-31)44(40,9-2)46(35-21-23-48-28-35)33-17-12-30(4)13-18-33/h10-28H,8-9H2,1-7H3. The van der Waals surface area contributed by atoms with Gasteiger partial charge in [-0.2, -0.15) is 22.7 Å². The molecule has 2 unspecified atom stereocenters. The van der Waals surface area contributed by atoms with Gasteiger partial charge >= 0.3 is 0 Å². The predicted octanol–water partition coefficient (Wildman–Crippen LogP) is 13.0. The zero-order chi connectivity index (χ0) is 33.4. The van der Waals surface area contributed by atoms with Crippen LogP contribution in [0.3, 0.4) is 0 Å². The molecule has 0 amide bonds. The molecule has 2 atom stereocenters.